The second-order valence-electron chi connectivity index (χ2n) is 5.14. The van der Waals surface area contributed by atoms with E-state index in [4.69, 9.17) is 9.94 Å². The van der Waals surface area contributed by atoms with Gasteiger partial charge in [-0.25, -0.2) is 0 Å². The lowest BCUT2D eigenvalue weighted by molar-refractivity contribution is 0.305. The maximum absolute atomic E-state index is 9.11. The highest BCUT2D eigenvalue weighted by atomic mass is 79.9. The molecule has 3 nitrogen and oxygen atoms in total. The van der Waals surface area contributed by atoms with Gasteiger partial charge in [0.1, 0.15) is 12.4 Å². The monoisotopic (exact) mass is 345 g/mol. The molecule has 1 aliphatic carbocycles. The third kappa shape index (κ3) is 3.27. The van der Waals surface area contributed by atoms with Gasteiger partial charge in [0.05, 0.1) is 5.71 Å². The first-order valence-corrected chi connectivity index (χ1v) is 7.77. The van der Waals surface area contributed by atoms with E-state index in [0.29, 0.717) is 6.61 Å². The first kappa shape index (κ1) is 14.1. The summed E-state index contributed by atoms with van der Waals surface area (Å²) in [7, 11) is 0. The maximum Gasteiger partial charge on any atom is 0.120 e. The molecule has 0 aromatic heterocycles. The van der Waals surface area contributed by atoms with Crippen molar-refractivity contribution < 1.29 is 9.94 Å². The molecule has 21 heavy (non-hydrogen) atoms. The molecule has 1 aliphatic rings. The Labute approximate surface area is 132 Å². The summed E-state index contributed by atoms with van der Waals surface area (Å²) >= 11 is 3.46. The number of hydrogen-bond donors (Lipinski definition) is 1. The van der Waals surface area contributed by atoms with Crippen LogP contribution in [0.5, 0.6) is 5.75 Å². The first-order chi connectivity index (χ1) is 10.3. The van der Waals surface area contributed by atoms with Crippen LogP contribution in [0.2, 0.25) is 0 Å². The van der Waals surface area contributed by atoms with Gasteiger partial charge in [-0.15, -0.1) is 0 Å². The second-order valence-corrected chi connectivity index (χ2v) is 6.05. The van der Waals surface area contributed by atoms with Crippen molar-refractivity contribution in [3.63, 3.8) is 0 Å². The fraction of sp³-hybridized carbons (Fsp3) is 0.235. The van der Waals surface area contributed by atoms with E-state index in [0.717, 1.165) is 46.3 Å². The van der Waals surface area contributed by atoms with Crippen molar-refractivity contribution in [2.24, 2.45) is 5.16 Å². The Hall–Kier alpha value is -1.81. The molecule has 0 bridgehead atoms. The van der Waals surface area contributed by atoms with E-state index in [1.54, 1.807) is 0 Å². The molecule has 0 radical (unpaired) electrons. The van der Waals surface area contributed by atoms with E-state index >= 15 is 0 Å². The zero-order valence-electron chi connectivity index (χ0n) is 11.6. The minimum absolute atomic E-state index is 0.518. The van der Waals surface area contributed by atoms with Crippen LogP contribution in [-0.2, 0) is 13.0 Å². The minimum atomic E-state index is 0.518. The Balaban J connectivity index is 1.78. The third-order valence-corrected chi connectivity index (χ3v) is 4.16. The quantitative estimate of drug-likeness (QED) is 0.655. The molecule has 0 atom stereocenters. The number of nitrogens with zero attached hydrogens (tertiary/aromatic N) is 1. The van der Waals surface area contributed by atoms with Gasteiger partial charge < -0.3 is 9.94 Å². The molecule has 0 saturated carbocycles. The lowest BCUT2D eigenvalue weighted by Gasteiger charge is -2.18. The number of aryl methyl sites for hydroxylation is 1. The van der Waals surface area contributed by atoms with Gasteiger partial charge in [0.25, 0.3) is 0 Å². The molecule has 108 valence electrons. The van der Waals surface area contributed by atoms with Gasteiger partial charge >= 0.3 is 0 Å². The molecule has 0 amide bonds. The number of halogens is 1. The second kappa shape index (κ2) is 6.31. The maximum atomic E-state index is 9.11. The van der Waals surface area contributed by atoms with E-state index < -0.39 is 0 Å². The molecule has 0 fully saturated rings. The Bertz CT molecular complexity index is 682. The summed E-state index contributed by atoms with van der Waals surface area (Å²) in [5, 5.41) is 12.5. The summed E-state index contributed by atoms with van der Waals surface area (Å²) in [6, 6.07) is 14.1. The van der Waals surface area contributed by atoms with Crippen LogP contribution in [0, 0.1) is 0 Å². The number of benzene rings is 2. The van der Waals surface area contributed by atoms with E-state index in [1.165, 1.54) is 5.56 Å². The molecule has 2 aromatic rings. The molecule has 3 rings (SSSR count). The van der Waals surface area contributed by atoms with Crippen LogP contribution in [0.3, 0.4) is 0 Å². The van der Waals surface area contributed by atoms with Gasteiger partial charge in [0, 0.05) is 10.0 Å². The normalized spacial score (nSPS) is 15.8. The zero-order valence-corrected chi connectivity index (χ0v) is 13.1. The molecule has 0 aliphatic heterocycles. The third-order valence-electron chi connectivity index (χ3n) is 3.67. The fourth-order valence-electron chi connectivity index (χ4n) is 2.61. The largest absolute Gasteiger partial charge is 0.489 e. The van der Waals surface area contributed by atoms with E-state index in [-0.39, 0.29) is 0 Å². The number of hydrogen-bond acceptors (Lipinski definition) is 3. The highest BCUT2D eigenvalue weighted by Crippen LogP contribution is 2.26. The van der Waals surface area contributed by atoms with Gasteiger partial charge in [-0.2, -0.15) is 0 Å². The van der Waals surface area contributed by atoms with Crippen LogP contribution in [-0.4, -0.2) is 10.9 Å². The van der Waals surface area contributed by atoms with Crippen molar-refractivity contribution in [2.45, 2.75) is 25.9 Å². The molecule has 4 heteroatoms. The predicted molar refractivity (Wildman–Crippen MR) is 86.2 cm³/mol. The lowest BCUT2D eigenvalue weighted by Crippen LogP contribution is -2.12. The summed E-state index contributed by atoms with van der Waals surface area (Å²) in [5.41, 5.74) is 4.10. The number of ether oxygens (including phenoxy) is 1. The van der Waals surface area contributed by atoms with Crippen LogP contribution in [0.4, 0.5) is 0 Å². The van der Waals surface area contributed by atoms with Crippen LogP contribution < -0.4 is 4.74 Å². The summed E-state index contributed by atoms with van der Waals surface area (Å²) in [4.78, 5) is 0. The van der Waals surface area contributed by atoms with Crippen LogP contribution in [0.1, 0.15) is 29.5 Å². The average Bonchev–Trinajstić information content (AvgIpc) is 2.52. The van der Waals surface area contributed by atoms with Crippen molar-refractivity contribution in [3.8, 4) is 5.75 Å². The molecule has 1 N–H and O–H groups in total. The lowest BCUT2D eigenvalue weighted by atomic mass is 9.90. The summed E-state index contributed by atoms with van der Waals surface area (Å²) in [5.74, 6) is 0.803. The van der Waals surface area contributed by atoms with Crippen LogP contribution in [0.15, 0.2) is 52.1 Å². The van der Waals surface area contributed by atoms with E-state index in [1.807, 2.05) is 36.4 Å². The van der Waals surface area contributed by atoms with Gasteiger partial charge in [0.15, 0.2) is 0 Å². The number of oxime groups is 1. The van der Waals surface area contributed by atoms with Gasteiger partial charge in [-0.3, -0.25) is 0 Å². The molecular weight excluding hydrogens is 330 g/mol. The highest BCUT2D eigenvalue weighted by molar-refractivity contribution is 9.10. The van der Waals surface area contributed by atoms with Gasteiger partial charge in [-0.1, -0.05) is 39.3 Å². The van der Waals surface area contributed by atoms with Crippen molar-refractivity contribution in [1.29, 1.82) is 0 Å². The Morgan fingerprint density at radius 1 is 1.14 bits per heavy atom. The number of rotatable bonds is 3. The summed E-state index contributed by atoms with van der Waals surface area (Å²) < 4.78 is 6.89. The van der Waals surface area contributed by atoms with E-state index in [9.17, 15) is 0 Å². The predicted octanol–water partition coefficient (Wildman–Crippen LogP) is 4.54. The Morgan fingerprint density at radius 3 is 2.86 bits per heavy atom. The van der Waals surface area contributed by atoms with Crippen LogP contribution in [0.25, 0.3) is 0 Å². The smallest absolute Gasteiger partial charge is 0.120 e. The van der Waals surface area contributed by atoms with Crippen molar-refractivity contribution in [3.05, 3.63) is 63.6 Å². The molecule has 0 heterocycles. The van der Waals surface area contributed by atoms with Gasteiger partial charge in [0.2, 0.25) is 0 Å². The highest BCUT2D eigenvalue weighted by Gasteiger charge is 2.16. The van der Waals surface area contributed by atoms with Crippen molar-refractivity contribution in [2.75, 3.05) is 0 Å². The Morgan fingerprint density at radius 2 is 2.05 bits per heavy atom. The minimum Gasteiger partial charge on any atom is -0.489 e. The first-order valence-electron chi connectivity index (χ1n) is 6.98. The number of fused-ring (bicyclic) bond motifs is 1. The topological polar surface area (TPSA) is 41.8 Å². The molecular formula is C17H16BrNO2. The average molecular weight is 346 g/mol. The molecule has 2 aromatic carbocycles. The molecule has 0 spiro atoms. The standard InChI is InChI=1S/C17H16BrNO2/c18-14-5-1-3-12(9-14)11-21-15-8-7-13-4-2-6-17(19-20)16(13)10-15/h1,3,5,7-10,20H,2,4,6,11H2/b19-17-. The zero-order chi connectivity index (χ0) is 14.7. The Kier molecular flexibility index (Phi) is 4.25. The molecule has 0 unspecified atom stereocenters. The van der Waals surface area contributed by atoms with E-state index in [2.05, 4.69) is 27.2 Å². The van der Waals surface area contributed by atoms with Crippen LogP contribution >= 0.6 is 15.9 Å². The summed E-state index contributed by atoms with van der Waals surface area (Å²) in [6.45, 7) is 0.518. The van der Waals surface area contributed by atoms with Gasteiger partial charge in [-0.05, 0) is 54.7 Å². The summed E-state index contributed by atoms with van der Waals surface area (Å²) in [6.07, 6.45) is 2.88. The van der Waals surface area contributed by atoms with Crippen molar-refractivity contribution >= 4 is 21.6 Å². The SMILES string of the molecule is O/N=C1/CCCc2ccc(OCc3cccc(Br)c3)cc21. The fourth-order valence-corrected chi connectivity index (χ4v) is 3.06. The van der Waals surface area contributed by atoms with Crippen molar-refractivity contribution in [1.82, 2.24) is 0 Å². The molecule has 0 saturated heterocycles.